The third kappa shape index (κ3) is 3.69. The van der Waals surface area contributed by atoms with Gasteiger partial charge < -0.3 is 10.6 Å². The van der Waals surface area contributed by atoms with Gasteiger partial charge in [-0.1, -0.05) is 18.2 Å². The van der Waals surface area contributed by atoms with Crippen molar-refractivity contribution in [3.8, 4) is 0 Å². The Morgan fingerprint density at radius 2 is 2.05 bits per heavy atom. The smallest absolute Gasteiger partial charge is 0.315 e. The van der Waals surface area contributed by atoms with Crippen LogP contribution in [-0.2, 0) is 19.4 Å². The molecule has 0 saturated heterocycles. The number of aryl methyl sites for hydroxylation is 2. The average Bonchev–Trinajstić information content (AvgIpc) is 3.06. The summed E-state index contributed by atoms with van der Waals surface area (Å²) in [6, 6.07) is 8.57. The maximum atomic E-state index is 12.0. The van der Waals surface area contributed by atoms with Gasteiger partial charge in [-0.25, -0.2) is 4.79 Å². The van der Waals surface area contributed by atoms with Crippen LogP contribution in [0.4, 0.5) is 4.79 Å². The molecule has 0 fully saturated rings. The second-order valence-corrected chi connectivity index (χ2v) is 6.70. The Bertz CT molecular complexity index is 637. The molecule has 4 heteroatoms. The standard InChI is InChI=1S/C18H22N2OS/c1-13(20-18(21)19-11-14-8-9-22-12-14)16-7-6-15-4-2-3-5-17(15)10-16/h6-10,12-13H,2-5,11H2,1H3,(H2,19,20,21). The van der Waals surface area contributed by atoms with Crippen molar-refractivity contribution in [2.75, 3.05) is 0 Å². The lowest BCUT2D eigenvalue weighted by atomic mass is 9.89. The van der Waals surface area contributed by atoms with E-state index in [-0.39, 0.29) is 12.1 Å². The van der Waals surface area contributed by atoms with E-state index in [2.05, 4.69) is 28.8 Å². The van der Waals surface area contributed by atoms with E-state index < -0.39 is 0 Å². The molecule has 3 rings (SSSR count). The van der Waals surface area contributed by atoms with Crippen LogP contribution in [0.25, 0.3) is 0 Å². The van der Waals surface area contributed by atoms with Crippen LogP contribution < -0.4 is 10.6 Å². The average molecular weight is 314 g/mol. The number of hydrogen-bond donors (Lipinski definition) is 2. The largest absolute Gasteiger partial charge is 0.334 e. The van der Waals surface area contributed by atoms with E-state index in [0.29, 0.717) is 6.54 Å². The highest BCUT2D eigenvalue weighted by Gasteiger charge is 2.13. The van der Waals surface area contributed by atoms with Crippen molar-refractivity contribution in [1.29, 1.82) is 0 Å². The molecule has 1 unspecified atom stereocenters. The van der Waals surface area contributed by atoms with E-state index >= 15 is 0 Å². The first-order chi connectivity index (χ1) is 10.7. The number of hydrogen-bond acceptors (Lipinski definition) is 2. The second-order valence-electron chi connectivity index (χ2n) is 5.92. The Morgan fingerprint density at radius 3 is 2.82 bits per heavy atom. The second kappa shape index (κ2) is 6.97. The number of carbonyl (C=O) groups is 1. The first-order valence-electron chi connectivity index (χ1n) is 7.89. The molecule has 2 aromatic rings. The van der Waals surface area contributed by atoms with Gasteiger partial charge in [0.15, 0.2) is 0 Å². The summed E-state index contributed by atoms with van der Waals surface area (Å²) in [6.07, 6.45) is 4.93. The number of fused-ring (bicyclic) bond motifs is 1. The predicted molar refractivity (Wildman–Crippen MR) is 91.2 cm³/mol. The topological polar surface area (TPSA) is 41.1 Å². The number of rotatable bonds is 4. The zero-order valence-electron chi connectivity index (χ0n) is 12.9. The van der Waals surface area contributed by atoms with Gasteiger partial charge >= 0.3 is 6.03 Å². The summed E-state index contributed by atoms with van der Waals surface area (Å²) in [5.74, 6) is 0. The minimum Gasteiger partial charge on any atom is -0.334 e. The van der Waals surface area contributed by atoms with Gasteiger partial charge in [0, 0.05) is 6.54 Å². The van der Waals surface area contributed by atoms with Crippen molar-refractivity contribution in [2.45, 2.75) is 45.2 Å². The van der Waals surface area contributed by atoms with Crippen molar-refractivity contribution in [2.24, 2.45) is 0 Å². The van der Waals surface area contributed by atoms with E-state index in [9.17, 15) is 4.79 Å². The monoisotopic (exact) mass is 314 g/mol. The Labute approximate surface area is 135 Å². The van der Waals surface area contributed by atoms with Crippen LogP contribution in [0.1, 0.15) is 48.1 Å². The zero-order chi connectivity index (χ0) is 15.4. The summed E-state index contributed by atoms with van der Waals surface area (Å²) < 4.78 is 0. The maximum absolute atomic E-state index is 12.0. The summed E-state index contributed by atoms with van der Waals surface area (Å²) in [6.45, 7) is 2.61. The summed E-state index contributed by atoms with van der Waals surface area (Å²) in [4.78, 5) is 12.0. The minimum absolute atomic E-state index is 0.0229. The number of benzene rings is 1. The molecule has 1 aliphatic rings. The molecule has 1 aliphatic carbocycles. The lowest BCUT2D eigenvalue weighted by Crippen LogP contribution is -2.36. The summed E-state index contributed by atoms with van der Waals surface area (Å²) in [5, 5.41) is 9.99. The van der Waals surface area contributed by atoms with E-state index in [0.717, 1.165) is 5.56 Å². The third-order valence-corrected chi connectivity index (χ3v) is 4.99. The van der Waals surface area contributed by atoms with Crippen LogP contribution in [0.3, 0.4) is 0 Å². The molecule has 0 saturated carbocycles. The van der Waals surface area contributed by atoms with Crippen LogP contribution in [0.5, 0.6) is 0 Å². The van der Waals surface area contributed by atoms with Crippen LogP contribution >= 0.6 is 11.3 Å². The number of thiophene rings is 1. The number of nitrogens with one attached hydrogen (secondary N) is 2. The van der Waals surface area contributed by atoms with Crippen molar-refractivity contribution in [3.05, 3.63) is 57.3 Å². The molecule has 0 radical (unpaired) electrons. The van der Waals surface area contributed by atoms with Crippen molar-refractivity contribution >= 4 is 17.4 Å². The van der Waals surface area contributed by atoms with Gasteiger partial charge in [0.1, 0.15) is 0 Å². The fraction of sp³-hybridized carbons (Fsp3) is 0.389. The Hall–Kier alpha value is -1.81. The summed E-state index contributed by atoms with van der Waals surface area (Å²) >= 11 is 1.64. The highest BCUT2D eigenvalue weighted by atomic mass is 32.1. The van der Waals surface area contributed by atoms with Crippen LogP contribution in [0.15, 0.2) is 35.0 Å². The molecule has 1 heterocycles. The van der Waals surface area contributed by atoms with Gasteiger partial charge in [-0.05, 0) is 71.7 Å². The van der Waals surface area contributed by atoms with E-state index in [1.165, 1.54) is 42.4 Å². The fourth-order valence-electron chi connectivity index (χ4n) is 2.93. The molecule has 2 N–H and O–H groups in total. The quantitative estimate of drug-likeness (QED) is 0.873. The molecule has 22 heavy (non-hydrogen) atoms. The maximum Gasteiger partial charge on any atom is 0.315 e. The SMILES string of the molecule is CC(NC(=O)NCc1ccsc1)c1ccc2c(c1)CCCC2. The first kappa shape index (κ1) is 15.1. The predicted octanol–water partition coefficient (Wildman–Crippen LogP) is 4.19. The molecule has 1 aromatic carbocycles. The van der Waals surface area contributed by atoms with Crippen LogP contribution in [0.2, 0.25) is 0 Å². The van der Waals surface area contributed by atoms with E-state index in [1.54, 1.807) is 11.3 Å². The molecule has 0 aliphatic heterocycles. The lowest BCUT2D eigenvalue weighted by molar-refractivity contribution is 0.237. The summed E-state index contributed by atoms with van der Waals surface area (Å²) in [5.41, 5.74) is 5.26. The van der Waals surface area contributed by atoms with Crippen molar-refractivity contribution in [3.63, 3.8) is 0 Å². The van der Waals surface area contributed by atoms with Gasteiger partial charge in [-0.2, -0.15) is 11.3 Å². The van der Waals surface area contributed by atoms with Gasteiger partial charge in [0.2, 0.25) is 0 Å². The highest BCUT2D eigenvalue weighted by Crippen LogP contribution is 2.24. The normalized spacial score (nSPS) is 15.0. The number of urea groups is 1. The van der Waals surface area contributed by atoms with Gasteiger partial charge in [-0.3, -0.25) is 0 Å². The Balaban J connectivity index is 1.56. The molecule has 116 valence electrons. The van der Waals surface area contributed by atoms with Crippen molar-refractivity contribution in [1.82, 2.24) is 10.6 Å². The van der Waals surface area contributed by atoms with E-state index in [1.807, 2.05) is 23.8 Å². The molecular formula is C18H22N2OS. The Morgan fingerprint density at radius 1 is 1.23 bits per heavy atom. The van der Waals surface area contributed by atoms with Gasteiger partial charge in [0.05, 0.1) is 6.04 Å². The lowest BCUT2D eigenvalue weighted by Gasteiger charge is -2.20. The van der Waals surface area contributed by atoms with Gasteiger partial charge in [-0.15, -0.1) is 0 Å². The van der Waals surface area contributed by atoms with Crippen molar-refractivity contribution < 1.29 is 4.79 Å². The minimum atomic E-state index is -0.114. The third-order valence-electron chi connectivity index (χ3n) is 4.25. The summed E-state index contributed by atoms with van der Waals surface area (Å²) in [7, 11) is 0. The number of carbonyl (C=O) groups excluding carboxylic acids is 1. The molecule has 1 aromatic heterocycles. The first-order valence-corrected chi connectivity index (χ1v) is 8.84. The Kier molecular flexibility index (Phi) is 4.78. The molecular weight excluding hydrogens is 292 g/mol. The number of amides is 2. The zero-order valence-corrected chi connectivity index (χ0v) is 13.7. The van der Waals surface area contributed by atoms with Crippen LogP contribution in [0, 0.1) is 0 Å². The highest BCUT2D eigenvalue weighted by molar-refractivity contribution is 7.07. The van der Waals surface area contributed by atoms with E-state index in [4.69, 9.17) is 0 Å². The molecule has 2 amide bonds. The molecule has 3 nitrogen and oxygen atoms in total. The molecule has 0 spiro atoms. The molecule has 0 bridgehead atoms. The molecule has 1 atom stereocenters. The van der Waals surface area contributed by atoms with Crippen LogP contribution in [-0.4, -0.2) is 6.03 Å². The fourth-order valence-corrected chi connectivity index (χ4v) is 3.60. The van der Waals surface area contributed by atoms with Gasteiger partial charge in [0.25, 0.3) is 0 Å².